The van der Waals surface area contributed by atoms with Crippen LogP contribution in [0.4, 0.5) is 0 Å². The van der Waals surface area contributed by atoms with Gasteiger partial charge in [-0.15, -0.1) is 0 Å². The molecule has 1 aliphatic carbocycles. The van der Waals surface area contributed by atoms with E-state index in [4.69, 9.17) is 9.47 Å². The standard InChI is InChI=1S/C42H60N2O3/c1-28(2)22-42-40(45)26-38(33(7)29(3)23-36-17-13-11-12-14-18-36)19-15-16-32(6)44-39(34(8)43-27-31(5)35(9)47-42)25-37-20-21-41(46-10)30(4)24-37/h11-13,15-18,20-21,24,28-29,31,33,38-39,42-44H,6,8-9,14,19,22-23,25-27H2,1-5,7,10H3/b16-15+/t29?,31?,33?,38-,39-,42?/m1/s1. The molecule has 0 bridgehead atoms. The van der Waals surface area contributed by atoms with Gasteiger partial charge in [0.25, 0.3) is 0 Å². The number of carbonyl (C=O) groups excluding carboxylic acids is 1. The number of ether oxygens (including phenoxy) is 2. The Bertz CT molecular complexity index is 1360. The summed E-state index contributed by atoms with van der Waals surface area (Å²) in [7, 11) is 1.70. The van der Waals surface area contributed by atoms with Crippen LogP contribution in [0.25, 0.3) is 0 Å². The lowest BCUT2D eigenvalue weighted by molar-refractivity contribution is -0.131. The second-order valence-electron chi connectivity index (χ2n) is 14.2. The minimum absolute atomic E-state index is 0.0146. The average molecular weight is 641 g/mol. The SMILES string of the molecule is C=C1/C=C/C[C@@H](C(C)C(C)CC2=CCC=CC=C2)CC(=O)C(CC(C)C)OC(=C)C(C)CNC(=C)[C@@H](Cc2ccc(OC)c(C)c2)N1. The molecule has 47 heavy (non-hydrogen) atoms. The molecule has 2 aliphatic rings. The van der Waals surface area contributed by atoms with E-state index in [1.165, 1.54) is 11.1 Å². The first kappa shape index (κ1) is 37.7. The number of carbonyl (C=O) groups is 1. The van der Waals surface area contributed by atoms with Gasteiger partial charge in [0.1, 0.15) is 5.75 Å². The van der Waals surface area contributed by atoms with Crippen molar-refractivity contribution in [2.75, 3.05) is 13.7 Å². The molecule has 6 atom stereocenters. The van der Waals surface area contributed by atoms with Gasteiger partial charge < -0.3 is 20.1 Å². The Balaban J connectivity index is 1.89. The van der Waals surface area contributed by atoms with Crippen molar-refractivity contribution in [1.29, 1.82) is 0 Å². The molecule has 0 fully saturated rings. The number of Topliss-reactive ketones (excluding diaryl/α,β-unsaturated/α-hetero) is 1. The number of ketones is 1. The first-order chi connectivity index (χ1) is 22.4. The monoisotopic (exact) mass is 640 g/mol. The maximum atomic E-state index is 14.0. The summed E-state index contributed by atoms with van der Waals surface area (Å²) in [5, 5.41) is 7.14. The van der Waals surface area contributed by atoms with Gasteiger partial charge in [-0.1, -0.05) is 109 Å². The molecule has 256 valence electrons. The van der Waals surface area contributed by atoms with E-state index in [-0.39, 0.29) is 23.7 Å². The van der Waals surface area contributed by atoms with Crippen LogP contribution in [0.2, 0.25) is 0 Å². The smallest absolute Gasteiger partial charge is 0.173 e. The fraction of sp³-hybridized carbons (Fsp3) is 0.500. The van der Waals surface area contributed by atoms with E-state index in [0.29, 0.717) is 42.9 Å². The molecule has 4 unspecified atom stereocenters. The fourth-order valence-corrected chi connectivity index (χ4v) is 6.39. The second kappa shape index (κ2) is 18.6. The molecule has 0 radical (unpaired) electrons. The minimum Gasteiger partial charge on any atom is -0.496 e. The molecular formula is C42H60N2O3. The number of rotatable bonds is 9. The van der Waals surface area contributed by atoms with E-state index in [9.17, 15) is 4.79 Å². The van der Waals surface area contributed by atoms with Crippen LogP contribution in [0.15, 0.2) is 103 Å². The Labute approximate surface area is 285 Å². The molecule has 3 rings (SSSR count). The van der Waals surface area contributed by atoms with E-state index >= 15 is 0 Å². The summed E-state index contributed by atoms with van der Waals surface area (Å²) in [6, 6.07) is 6.20. The van der Waals surface area contributed by atoms with Crippen LogP contribution in [0.3, 0.4) is 0 Å². The summed E-state index contributed by atoms with van der Waals surface area (Å²) in [4.78, 5) is 14.0. The zero-order valence-corrected chi connectivity index (χ0v) is 30.1. The number of aryl methyl sites for hydroxylation is 1. The molecule has 1 aromatic carbocycles. The van der Waals surface area contributed by atoms with Crippen molar-refractivity contribution in [3.8, 4) is 5.75 Å². The lowest BCUT2D eigenvalue weighted by Crippen LogP contribution is -2.39. The summed E-state index contributed by atoms with van der Waals surface area (Å²) in [5.41, 5.74) is 5.33. The third kappa shape index (κ3) is 12.1. The van der Waals surface area contributed by atoms with Crippen molar-refractivity contribution in [1.82, 2.24) is 10.6 Å². The van der Waals surface area contributed by atoms with Crippen LogP contribution in [0.5, 0.6) is 5.75 Å². The highest BCUT2D eigenvalue weighted by atomic mass is 16.5. The van der Waals surface area contributed by atoms with Gasteiger partial charge in [0.05, 0.1) is 18.9 Å². The van der Waals surface area contributed by atoms with Crippen molar-refractivity contribution >= 4 is 5.78 Å². The highest BCUT2D eigenvalue weighted by molar-refractivity contribution is 5.83. The van der Waals surface area contributed by atoms with E-state index in [1.807, 2.05) is 6.07 Å². The van der Waals surface area contributed by atoms with Gasteiger partial charge in [-0.25, -0.2) is 0 Å². The van der Waals surface area contributed by atoms with E-state index in [2.05, 4.69) is 127 Å². The van der Waals surface area contributed by atoms with Gasteiger partial charge in [-0.05, 0) is 86.0 Å². The maximum absolute atomic E-state index is 14.0. The molecule has 0 amide bonds. The summed E-state index contributed by atoms with van der Waals surface area (Å²) >= 11 is 0. The molecule has 1 aromatic rings. The molecule has 1 aliphatic heterocycles. The second-order valence-corrected chi connectivity index (χ2v) is 14.2. The van der Waals surface area contributed by atoms with Crippen LogP contribution >= 0.6 is 0 Å². The van der Waals surface area contributed by atoms with Gasteiger partial charge in [0.15, 0.2) is 11.9 Å². The van der Waals surface area contributed by atoms with Gasteiger partial charge in [-0.2, -0.15) is 0 Å². The Kier molecular flexibility index (Phi) is 14.9. The third-order valence-electron chi connectivity index (χ3n) is 9.70. The lowest BCUT2D eigenvalue weighted by Gasteiger charge is -2.31. The molecule has 2 N–H and O–H groups in total. The van der Waals surface area contributed by atoms with Crippen molar-refractivity contribution in [3.63, 3.8) is 0 Å². The molecule has 0 aromatic heterocycles. The Morgan fingerprint density at radius 1 is 1.06 bits per heavy atom. The normalized spacial score (nSPS) is 25.2. The predicted molar refractivity (Wildman–Crippen MR) is 198 cm³/mol. The van der Waals surface area contributed by atoms with E-state index in [0.717, 1.165) is 48.4 Å². The van der Waals surface area contributed by atoms with Crippen molar-refractivity contribution in [2.24, 2.45) is 29.6 Å². The van der Waals surface area contributed by atoms with Crippen molar-refractivity contribution in [3.05, 3.63) is 114 Å². The van der Waals surface area contributed by atoms with Gasteiger partial charge in [-0.3, -0.25) is 4.79 Å². The summed E-state index contributed by atoms with van der Waals surface area (Å²) in [6.07, 6.45) is 19.3. The van der Waals surface area contributed by atoms with Crippen LogP contribution in [0, 0.1) is 36.5 Å². The summed E-state index contributed by atoms with van der Waals surface area (Å²) < 4.78 is 11.9. The van der Waals surface area contributed by atoms with Gasteiger partial charge in [0.2, 0.25) is 0 Å². The molecule has 0 saturated heterocycles. The van der Waals surface area contributed by atoms with Crippen LogP contribution in [0.1, 0.15) is 77.8 Å². The van der Waals surface area contributed by atoms with Crippen LogP contribution < -0.4 is 15.4 Å². The zero-order valence-electron chi connectivity index (χ0n) is 30.1. The highest BCUT2D eigenvalue weighted by Crippen LogP contribution is 2.33. The third-order valence-corrected chi connectivity index (χ3v) is 9.70. The summed E-state index contributed by atoms with van der Waals surface area (Å²) in [5.74, 6) is 2.89. The predicted octanol–water partition coefficient (Wildman–Crippen LogP) is 9.34. The fourth-order valence-electron chi connectivity index (χ4n) is 6.39. The van der Waals surface area contributed by atoms with Gasteiger partial charge >= 0.3 is 0 Å². The number of benzene rings is 1. The lowest BCUT2D eigenvalue weighted by atomic mass is 9.76. The van der Waals surface area contributed by atoms with Crippen molar-refractivity contribution in [2.45, 2.75) is 92.2 Å². The van der Waals surface area contributed by atoms with E-state index in [1.54, 1.807) is 7.11 Å². The van der Waals surface area contributed by atoms with Crippen LogP contribution in [-0.4, -0.2) is 31.6 Å². The topological polar surface area (TPSA) is 59.6 Å². The van der Waals surface area contributed by atoms with Gasteiger partial charge in [0, 0.05) is 30.3 Å². The molecule has 0 saturated carbocycles. The first-order valence-corrected chi connectivity index (χ1v) is 17.5. The zero-order chi connectivity index (χ0) is 34.5. The quantitative estimate of drug-likeness (QED) is 0.282. The number of methoxy groups -OCH3 is 1. The summed E-state index contributed by atoms with van der Waals surface area (Å²) in [6.45, 7) is 26.7. The molecule has 1 heterocycles. The Hall–Kier alpha value is -3.73. The molecule has 0 spiro atoms. The van der Waals surface area contributed by atoms with Crippen molar-refractivity contribution < 1.29 is 14.3 Å². The number of hydrogen-bond donors (Lipinski definition) is 2. The highest BCUT2D eigenvalue weighted by Gasteiger charge is 2.30. The number of allylic oxidation sites excluding steroid dienone is 8. The average Bonchev–Trinajstić information content (AvgIpc) is 3.29. The number of nitrogens with one attached hydrogen (secondary N) is 2. The van der Waals surface area contributed by atoms with Crippen LogP contribution in [-0.2, 0) is 16.0 Å². The molecule has 5 nitrogen and oxygen atoms in total. The largest absolute Gasteiger partial charge is 0.496 e. The molecule has 5 heteroatoms. The van der Waals surface area contributed by atoms with E-state index < -0.39 is 6.10 Å². The Morgan fingerprint density at radius 3 is 2.53 bits per heavy atom. The molecular weight excluding hydrogens is 580 g/mol. The first-order valence-electron chi connectivity index (χ1n) is 17.5. The number of hydrogen-bond acceptors (Lipinski definition) is 5. The maximum Gasteiger partial charge on any atom is 0.173 e. The minimum atomic E-state index is -0.503. The Morgan fingerprint density at radius 2 is 1.83 bits per heavy atom.